The van der Waals surface area contributed by atoms with Crippen molar-refractivity contribution in [2.24, 2.45) is 0 Å². The van der Waals surface area contributed by atoms with E-state index in [2.05, 4.69) is 11.0 Å². The summed E-state index contributed by atoms with van der Waals surface area (Å²) in [6.45, 7) is 0.796. The number of hydrogen-bond donors (Lipinski definition) is 1. The number of carboxylic acids is 1. The standard InChI is InChI=1S/C15H22N2O2/c1-2-3-4-5-6-7-8-9-10-11-17-13-14(12-16-17)15(18)19/h1,12-13H,3-11H2,(H,18,19). The third-order valence-electron chi connectivity index (χ3n) is 3.09. The van der Waals surface area contributed by atoms with Crippen LogP contribution < -0.4 is 0 Å². The van der Waals surface area contributed by atoms with Crippen molar-refractivity contribution in [3.05, 3.63) is 18.0 Å². The van der Waals surface area contributed by atoms with Crippen LogP contribution in [0.4, 0.5) is 0 Å². The molecule has 1 heterocycles. The van der Waals surface area contributed by atoms with Crippen LogP contribution >= 0.6 is 0 Å². The fraction of sp³-hybridized carbons (Fsp3) is 0.600. The monoisotopic (exact) mass is 262 g/mol. The number of terminal acetylenes is 1. The van der Waals surface area contributed by atoms with E-state index in [0.717, 1.165) is 32.2 Å². The summed E-state index contributed by atoms with van der Waals surface area (Å²) in [5.41, 5.74) is 0.258. The summed E-state index contributed by atoms with van der Waals surface area (Å²) in [5, 5.41) is 12.8. The van der Waals surface area contributed by atoms with E-state index in [4.69, 9.17) is 11.5 Å². The van der Waals surface area contributed by atoms with Crippen LogP contribution in [-0.2, 0) is 6.54 Å². The number of nitrogens with zero attached hydrogens (tertiary/aromatic N) is 2. The van der Waals surface area contributed by atoms with Gasteiger partial charge in [-0.25, -0.2) is 4.79 Å². The summed E-state index contributed by atoms with van der Waals surface area (Å²) < 4.78 is 1.70. The Hall–Kier alpha value is -1.76. The lowest BCUT2D eigenvalue weighted by Crippen LogP contribution is -1.99. The molecule has 0 bridgehead atoms. The number of carboxylic acid groups (broad SMARTS) is 1. The number of aromatic nitrogens is 2. The Morgan fingerprint density at radius 2 is 1.84 bits per heavy atom. The highest BCUT2D eigenvalue weighted by Gasteiger charge is 2.05. The Balaban J connectivity index is 1.98. The quantitative estimate of drug-likeness (QED) is 0.519. The summed E-state index contributed by atoms with van der Waals surface area (Å²) in [6, 6.07) is 0. The van der Waals surface area contributed by atoms with Gasteiger partial charge in [-0.1, -0.05) is 32.1 Å². The Morgan fingerprint density at radius 3 is 2.42 bits per heavy atom. The highest BCUT2D eigenvalue weighted by Crippen LogP contribution is 2.09. The molecule has 0 unspecified atom stereocenters. The van der Waals surface area contributed by atoms with Crippen LogP contribution in [0.5, 0.6) is 0 Å². The van der Waals surface area contributed by atoms with Crippen molar-refractivity contribution in [3.8, 4) is 12.3 Å². The van der Waals surface area contributed by atoms with Gasteiger partial charge in [-0.15, -0.1) is 12.3 Å². The number of aromatic carboxylic acids is 1. The smallest absolute Gasteiger partial charge is 0.338 e. The van der Waals surface area contributed by atoms with E-state index in [0.29, 0.717) is 0 Å². The second-order valence-electron chi connectivity index (χ2n) is 4.73. The largest absolute Gasteiger partial charge is 0.478 e. The zero-order chi connectivity index (χ0) is 13.9. The van der Waals surface area contributed by atoms with Crippen LogP contribution in [0, 0.1) is 12.3 Å². The van der Waals surface area contributed by atoms with Gasteiger partial charge >= 0.3 is 5.97 Å². The van der Waals surface area contributed by atoms with Crippen LogP contribution in [0.1, 0.15) is 61.7 Å². The highest BCUT2D eigenvalue weighted by atomic mass is 16.4. The van der Waals surface area contributed by atoms with E-state index in [9.17, 15) is 4.79 Å². The molecule has 104 valence electrons. The molecule has 1 N–H and O–H groups in total. The van der Waals surface area contributed by atoms with Gasteiger partial charge in [0, 0.05) is 19.2 Å². The minimum absolute atomic E-state index is 0.258. The van der Waals surface area contributed by atoms with Gasteiger partial charge in [-0.3, -0.25) is 4.68 Å². The van der Waals surface area contributed by atoms with Crippen molar-refractivity contribution in [1.29, 1.82) is 0 Å². The van der Waals surface area contributed by atoms with Crippen molar-refractivity contribution in [3.63, 3.8) is 0 Å². The molecule has 0 amide bonds. The molecular formula is C15H22N2O2. The predicted octanol–water partition coefficient (Wildman–Crippen LogP) is 3.34. The van der Waals surface area contributed by atoms with Crippen molar-refractivity contribution >= 4 is 5.97 Å². The van der Waals surface area contributed by atoms with Gasteiger partial charge in [0.1, 0.15) is 0 Å². The molecule has 0 aliphatic rings. The molecule has 1 aromatic rings. The molecule has 4 heteroatoms. The first kappa shape index (κ1) is 15.3. The third-order valence-corrected chi connectivity index (χ3v) is 3.09. The highest BCUT2D eigenvalue weighted by molar-refractivity contribution is 5.86. The Morgan fingerprint density at radius 1 is 1.21 bits per heavy atom. The molecule has 1 aromatic heterocycles. The average molecular weight is 262 g/mol. The van der Waals surface area contributed by atoms with Crippen molar-refractivity contribution in [2.75, 3.05) is 0 Å². The number of hydrogen-bond acceptors (Lipinski definition) is 2. The molecule has 0 radical (unpaired) electrons. The predicted molar refractivity (Wildman–Crippen MR) is 75.0 cm³/mol. The molecule has 19 heavy (non-hydrogen) atoms. The topological polar surface area (TPSA) is 55.1 Å². The maximum Gasteiger partial charge on any atom is 0.338 e. The summed E-state index contributed by atoms with van der Waals surface area (Å²) in [7, 11) is 0. The second-order valence-corrected chi connectivity index (χ2v) is 4.73. The lowest BCUT2D eigenvalue weighted by Gasteiger charge is -2.02. The third kappa shape index (κ3) is 6.66. The first-order valence-corrected chi connectivity index (χ1v) is 6.93. The Labute approximate surface area is 114 Å². The second kappa shape index (κ2) is 9.21. The SMILES string of the molecule is C#CCCCCCCCCCn1cc(C(=O)O)cn1. The van der Waals surface area contributed by atoms with Crippen LogP contribution in [0.2, 0.25) is 0 Å². The number of rotatable bonds is 10. The lowest BCUT2D eigenvalue weighted by atomic mass is 10.1. The molecule has 0 saturated heterocycles. The van der Waals surface area contributed by atoms with E-state index < -0.39 is 5.97 Å². The molecule has 0 aliphatic heterocycles. The van der Waals surface area contributed by atoms with E-state index in [1.165, 1.54) is 31.9 Å². The molecule has 1 rings (SSSR count). The van der Waals surface area contributed by atoms with Crippen molar-refractivity contribution in [1.82, 2.24) is 9.78 Å². The zero-order valence-corrected chi connectivity index (χ0v) is 11.3. The first-order chi connectivity index (χ1) is 9.24. The molecular weight excluding hydrogens is 240 g/mol. The van der Waals surface area contributed by atoms with Crippen LogP contribution in [0.25, 0.3) is 0 Å². The van der Waals surface area contributed by atoms with Gasteiger partial charge in [0.2, 0.25) is 0 Å². The average Bonchev–Trinajstić information content (AvgIpc) is 2.86. The summed E-state index contributed by atoms with van der Waals surface area (Å²) in [6.07, 6.45) is 17.4. The van der Waals surface area contributed by atoms with Gasteiger partial charge < -0.3 is 5.11 Å². The fourth-order valence-corrected chi connectivity index (χ4v) is 1.98. The molecule has 0 fully saturated rings. The Bertz CT molecular complexity index is 418. The fourth-order valence-electron chi connectivity index (χ4n) is 1.98. The van der Waals surface area contributed by atoms with Crippen LogP contribution in [-0.4, -0.2) is 20.9 Å². The minimum atomic E-state index is -0.918. The number of unbranched alkanes of at least 4 members (excludes halogenated alkanes) is 7. The summed E-state index contributed by atoms with van der Waals surface area (Å²) in [4.78, 5) is 10.7. The Kier molecular flexibility index (Phi) is 7.41. The van der Waals surface area contributed by atoms with Gasteiger partial charge in [0.15, 0.2) is 0 Å². The van der Waals surface area contributed by atoms with Crippen LogP contribution in [0.15, 0.2) is 12.4 Å². The van der Waals surface area contributed by atoms with Crippen molar-refractivity contribution in [2.45, 2.75) is 57.9 Å². The van der Waals surface area contributed by atoms with E-state index >= 15 is 0 Å². The van der Waals surface area contributed by atoms with E-state index in [-0.39, 0.29) is 5.56 Å². The van der Waals surface area contributed by atoms with Crippen LogP contribution in [0.3, 0.4) is 0 Å². The molecule has 0 aromatic carbocycles. The maximum absolute atomic E-state index is 10.7. The minimum Gasteiger partial charge on any atom is -0.478 e. The van der Waals surface area contributed by atoms with Crippen molar-refractivity contribution < 1.29 is 9.90 Å². The number of carbonyl (C=O) groups is 1. The van der Waals surface area contributed by atoms with Gasteiger partial charge in [-0.2, -0.15) is 5.10 Å². The van der Waals surface area contributed by atoms with Gasteiger partial charge in [-0.05, 0) is 12.8 Å². The van der Waals surface area contributed by atoms with E-state index in [1.54, 1.807) is 10.9 Å². The van der Waals surface area contributed by atoms with E-state index in [1.807, 2.05) is 0 Å². The number of aryl methyl sites for hydroxylation is 1. The summed E-state index contributed by atoms with van der Waals surface area (Å²) in [5.74, 6) is 1.74. The summed E-state index contributed by atoms with van der Waals surface area (Å²) >= 11 is 0. The normalized spacial score (nSPS) is 10.3. The molecule has 0 saturated carbocycles. The maximum atomic E-state index is 10.7. The molecule has 4 nitrogen and oxygen atoms in total. The molecule has 0 aliphatic carbocycles. The zero-order valence-electron chi connectivity index (χ0n) is 11.3. The molecule has 0 spiro atoms. The molecule has 0 atom stereocenters. The first-order valence-electron chi connectivity index (χ1n) is 6.93. The van der Waals surface area contributed by atoms with Gasteiger partial charge in [0.05, 0.1) is 11.8 Å². The lowest BCUT2D eigenvalue weighted by molar-refractivity contribution is 0.0697. The van der Waals surface area contributed by atoms with Gasteiger partial charge in [0.25, 0.3) is 0 Å².